The highest BCUT2D eigenvalue weighted by molar-refractivity contribution is 6.45. The predicted molar refractivity (Wildman–Crippen MR) is 438 cm³/mol. The lowest BCUT2D eigenvalue weighted by atomic mass is 9.93. The second-order valence-corrected chi connectivity index (χ2v) is 31.6. The Morgan fingerprint density at radius 2 is 0.635 bits per heavy atom. The van der Waals surface area contributed by atoms with E-state index in [1.807, 2.05) is 36.4 Å². The highest BCUT2D eigenvalue weighted by Gasteiger charge is 2.50. The number of nitrogens with zero attached hydrogens (tertiary/aromatic N) is 12. The number of likely N-dealkylation sites (tertiary alicyclic amines) is 3. The van der Waals surface area contributed by atoms with Crippen molar-refractivity contribution in [2.45, 2.75) is 136 Å². The van der Waals surface area contributed by atoms with Gasteiger partial charge in [-0.05, 0) is 188 Å². The Hall–Kier alpha value is -10.7. The minimum atomic E-state index is -4.14. The molecule has 0 N–H and O–H groups in total. The first kappa shape index (κ1) is 79.5. The second-order valence-electron chi connectivity index (χ2n) is 30.3. The number of carbonyl (C=O) groups excluding carboxylic acids is 3. The van der Waals surface area contributed by atoms with Crippen molar-refractivity contribution in [2.24, 2.45) is 0 Å². The maximum Gasteiger partial charge on any atom is 1.20 e. The summed E-state index contributed by atoms with van der Waals surface area (Å²) in [5.74, 6) is 2.48. The van der Waals surface area contributed by atoms with Gasteiger partial charge in [-0.2, -0.15) is 0 Å². The van der Waals surface area contributed by atoms with Gasteiger partial charge >= 0.3 is 33.1 Å². The van der Waals surface area contributed by atoms with Crippen molar-refractivity contribution in [3.8, 4) is 17.6 Å². The van der Waals surface area contributed by atoms with Gasteiger partial charge in [-0.1, -0.05) is 108 Å². The van der Waals surface area contributed by atoms with Crippen molar-refractivity contribution in [3.05, 3.63) is 267 Å². The predicted octanol–water partition coefficient (Wildman–Crippen LogP) is 14.5. The number of methoxy groups -OCH3 is 3. The zero-order chi connectivity index (χ0) is 79.2. The van der Waals surface area contributed by atoms with Crippen LogP contribution in [0.1, 0.15) is 155 Å². The third-order valence-corrected chi connectivity index (χ3v) is 23.4. The Morgan fingerprint density at radius 3 is 0.904 bits per heavy atom. The van der Waals surface area contributed by atoms with Crippen molar-refractivity contribution in [2.75, 3.05) is 80.4 Å². The number of pyridine rings is 3. The molecule has 0 amide bonds. The number of fused-ring (bicyclic) bond motifs is 3. The van der Waals surface area contributed by atoms with Gasteiger partial charge in [0, 0.05) is 94.0 Å². The molecule has 3 fully saturated rings. The maximum absolute atomic E-state index is 14.9. The van der Waals surface area contributed by atoms with Crippen LogP contribution in [0.4, 0.5) is 0 Å². The largest absolute Gasteiger partial charge is 1.20 e. The van der Waals surface area contributed by atoms with Crippen molar-refractivity contribution in [3.63, 3.8) is 0 Å². The highest BCUT2D eigenvalue weighted by atomic mass is 27.3. The van der Waals surface area contributed by atoms with Crippen LogP contribution >= 0.6 is 0 Å². The van der Waals surface area contributed by atoms with E-state index in [0.717, 1.165) is 129 Å². The van der Waals surface area contributed by atoms with Gasteiger partial charge < -0.3 is 53.5 Å². The van der Waals surface area contributed by atoms with Crippen molar-refractivity contribution >= 4 is 66.2 Å². The maximum atomic E-state index is 14.9. The van der Waals surface area contributed by atoms with Gasteiger partial charge in [-0.15, -0.1) is 0 Å². The Balaban J connectivity index is 0.650. The SMILES string of the molecule is COCCn1c(CN2CCC(c3cccc(OCc4ccc(C)cc4)n3)CC2)nc2ccc(C(=O)[O][Al]([O]C(=O)c3ccc4nc(CN5CCC(c6cccc(OCc7ccc(C)cc7)n6)CC5)n(CCOC)c4c3)[O]C(=O)c3ccc4nc(CN5CCC(c6cccc(OCc7ccc(C)cc7)n6)CC5)n(CCOC)c4c3)cc21. The van der Waals surface area contributed by atoms with Crippen molar-refractivity contribution < 1.29 is 54.2 Å². The summed E-state index contributed by atoms with van der Waals surface area (Å²) in [4.78, 5) is 82.0. The number of aryl methyl sites for hydroxylation is 3. The van der Waals surface area contributed by atoms with E-state index in [-0.39, 0.29) is 34.4 Å². The number of hydrogen-bond donors (Lipinski definition) is 0. The van der Waals surface area contributed by atoms with E-state index in [1.165, 1.54) is 16.7 Å². The van der Waals surface area contributed by atoms with Crippen LogP contribution in [-0.4, -0.2) is 172 Å². The fourth-order valence-corrected chi connectivity index (χ4v) is 16.7. The topological polar surface area (TPSA) is 236 Å². The number of carbonyl (C=O) groups is 3. The smallest absolute Gasteiger partial charge is 0.547 e. The molecule has 6 aromatic carbocycles. The third-order valence-electron chi connectivity index (χ3n) is 22.2. The lowest BCUT2D eigenvalue weighted by Crippen LogP contribution is -2.35. The molecule has 115 heavy (non-hydrogen) atoms. The van der Waals surface area contributed by atoms with E-state index in [2.05, 4.69) is 140 Å². The van der Waals surface area contributed by atoms with Crippen molar-refractivity contribution in [1.82, 2.24) is 58.3 Å². The Bertz CT molecular complexity index is 4800. The number of piperidine rings is 3. The van der Waals surface area contributed by atoms with Crippen LogP contribution in [0.25, 0.3) is 33.1 Å². The van der Waals surface area contributed by atoms with Crippen LogP contribution in [-0.2, 0) is 84.7 Å². The minimum Gasteiger partial charge on any atom is -0.547 e. The molecule has 0 saturated carbocycles. The molecule has 9 heterocycles. The zero-order valence-electron chi connectivity index (χ0n) is 66.4. The lowest BCUT2D eigenvalue weighted by molar-refractivity contribution is 0.0410. The lowest BCUT2D eigenvalue weighted by Gasteiger charge is -2.31. The Labute approximate surface area is 675 Å². The molecule has 12 aromatic rings. The summed E-state index contributed by atoms with van der Waals surface area (Å²) in [6.07, 6.45) is 5.41. The van der Waals surface area contributed by atoms with Gasteiger partial charge in [0.25, 0.3) is 0 Å². The summed E-state index contributed by atoms with van der Waals surface area (Å²) >= 11 is -4.14. The number of hydrogen-bond acceptors (Lipinski definition) is 21. The monoisotopic (exact) mass is 1570 g/mol. The second kappa shape index (κ2) is 37.7. The molecule has 24 nitrogen and oxygen atoms in total. The van der Waals surface area contributed by atoms with Crippen LogP contribution < -0.4 is 14.2 Å². The molecule has 6 aromatic heterocycles. The summed E-state index contributed by atoms with van der Waals surface area (Å²) in [6, 6.07) is 58.4. The van der Waals surface area contributed by atoms with E-state index < -0.39 is 33.1 Å². The molecule has 15 rings (SSSR count). The summed E-state index contributed by atoms with van der Waals surface area (Å²) in [5.41, 5.74) is 14.4. The summed E-state index contributed by atoms with van der Waals surface area (Å²) < 4.78 is 60.2. The van der Waals surface area contributed by atoms with Gasteiger partial charge in [0.05, 0.1) is 89.2 Å². The molecular weight excluding hydrogens is 1470 g/mol. The third kappa shape index (κ3) is 20.2. The Morgan fingerprint density at radius 1 is 0.357 bits per heavy atom. The van der Waals surface area contributed by atoms with Gasteiger partial charge in [0.2, 0.25) is 17.6 Å². The van der Waals surface area contributed by atoms with Gasteiger partial charge in [0.15, 0.2) is 0 Å². The first-order valence-electron chi connectivity index (χ1n) is 39.9. The molecule has 0 atom stereocenters. The fourth-order valence-electron chi connectivity index (χ4n) is 15.6. The fraction of sp³-hybridized carbons (Fsp3) is 0.367. The molecule has 0 bridgehead atoms. The van der Waals surface area contributed by atoms with E-state index in [4.69, 9.17) is 69.7 Å². The number of benzene rings is 6. The highest BCUT2D eigenvalue weighted by Crippen LogP contribution is 2.35. The van der Waals surface area contributed by atoms with Gasteiger partial charge in [0.1, 0.15) is 37.3 Å². The standard InChI is InChI=1S/3C30H34N4O4.Al/c3*1-21-6-8-22(9-7-21)20-38-29-5-3-4-25(32-29)23-12-14-33(15-13-23)19-28-31-26-11-10-24(30(35)36)18-27(26)34(28)16-17-37-2;/h3*3-11,18,23H,12-17,19-20H2,1-2H3,(H,35,36);/q;;;+3/p-3. The minimum absolute atomic E-state index is 0.135. The van der Waals surface area contributed by atoms with E-state index in [9.17, 15) is 14.4 Å². The average Bonchev–Trinajstić information content (AvgIpc) is 1.65. The molecule has 0 radical (unpaired) electrons. The molecule has 3 aliphatic heterocycles. The average molecular weight is 1570 g/mol. The molecule has 0 spiro atoms. The number of rotatable bonds is 33. The molecule has 25 heteroatoms. The molecule has 0 aliphatic carbocycles. The molecule has 3 saturated heterocycles. The normalized spacial score (nSPS) is 14.9. The summed E-state index contributed by atoms with van der Waals surface area (Å²) in [6.45, 7) is 16.6. The van der Waals surface area contributed by atoms with Crippen LogP contribution in [0.5, 0.6) is 17.6 Å². The van der Waals surface area contributed by atoms with E-state index in [0.29, 0.717) is 130 Å². The van der Waals surface area contributed by atoms with Crippen LogP contribution in [0.2, 0.25) is 0 Å². The first-order valence-corrected chi connectivity index (χ1v) is 41.3. The van der Waals surface area contributed by atoms with Gasteiger partial charge in [-0.25, -0.2) is 44.3 Å². The van der Waals surface area contributed by atoms with Crippen LogP contribution in [0, 0.1) is 20.8 Å². The zero-order valence-corrected chi connectivity index (χ0v) is 67.5. The quantitative estimate of drug-likeness (QED) is 0.0348. The molecule has 594 valence electrons. The Kier molecular flexibility index (Phi) is 26.1. The van der Waals surface area contributed by atoms with Gasteiger partial charge in [-0.3, -0.25) is 14.7 Å². The summed E-state index contributed by atoms with van der Waals surface area (Å²) in [7, 11) is 4.95. The summed E-state index contributed by atoms with van der Waals surface area (Å²) in [5, 5.41) is 0. The van der Waals surface area contributed by atoms with Crippen molar-refractivity contribution in [1.29, 1.82) is 0 Å². The number of aromatic nitrogens is 9. The van der Waals surface area contributed by atoms with Crippen LogP contribution in [0.3, 0.4) is 0 Å². The molecule has 0 unspecified atom stereocenters. The van der Waals surface area contributed by atoms with Crippen LogP contribution in [0.15, 0.2) is 182 Å². The first-order chi connectivity index (χ1) is 56.2. The van der Waals surface area contributed by atoms with E-state index in [1.54, 1.807) is 75.9 Å². The molecule has 3 aliphatic rings. The van der Waals surface area contributed by atoms with E-state index >= 15 is 0 Å². The number of imidazole rings is 3. The number of ether oxygens (including phenoxy) is 6. The molecular formula is C90H99AlN12O12.